The Morgan fingerprint density at radius 2 is 2.25 bits per heavy atom. The summed E-state index contributed by atoms with van der Waals surface area (Å²) in [6.45, 7) is 6.98. The molecular formula is C12H25NO2S. The lowest BCUT2D eigenvalue weighted by Crippen LogP contribution is -2.41. The quantitative estimate of drug-likeness (QED) is 0.707. The minimum absolute atomic E-state index is 0.384. The monoisotopic (exact) mass is 247 g/mol. The van der Waals surface area contributed by atoms with Crippen LogP contribution < -0.4 is 5.32 Å². The normalized spacial score (nSPS) is 24.5. The predicted octanol–water partition coefficient (Wildman–Crippen LogP) is 1.55. The molecule has 3 atom stereocenters. The average Bonchev–Trinajstić information content (AvgIpc) is 2.77. The fourth-order valence-corrected chi connectivity index (χ4v) is 3.49. The first-order valence-electron chi connectivity index (χ1n) is 6.44. The van der Waals surface area contributed by atoms with E-state index in [-0.39, 0.29) is 0 Å². The number of ether oxygens (including phenoxy) is 1. The van der Waals surface area contributed by atoms with Gasteiger partial charge in [-0.25, -0.2) is 0 Å². The van der Waals surface area contributed by atoms with Crippen molar-refractivity contribution in [2.75, 3.05) is 31.3 Å². The van der Waals surface area contributed by atoms with Gasteiger partial charge >= 0.3 is 0 Å². The molecule has 0 aromatic heterocycles. The predicted molar refractivity (Wildman–Crippen MR) is 69.2 cm³/mol. The molecule has 16 heavy (non-hydrogen) atoms. The second kappa shape index (κ2) is 8.20. The molecule has 0 saturated carbocycles. The van der Waals surface area contributed by atoms with Crippen LogP contribution in [0.3, 0.4) is 0 Å². The Morgan fingerprint density at radius 3 is 2.81 bits per heavy atom. The SMILES string of the molecule is CCCNC(CS(=O)CCC)C1CCOC1. The van der Waals surface area contributed by atoms with E-state index < -0.39 is 10.8 Å². The summed E-state index contributed by atoms with van der Waals surface area (Å²) in [4.78, 5) is 0. The van der Waals surface area contributed by atoms with Gasteiger partial charge in [-0.05, 0) is 25.8 Å². The van der Waals surface area contributed by atoms with Crippen LogP contribution in [0.2, 0.25) is 0 Å². The van der Waals surface area contributed by atoms with E-state index in [4.69, 9.17) is 4.74 Å². The van der Waals surface area contributed by atoms with Crippen LogP contribution in [0.5, 0.6) is 0 Å². The molecule has 0 aliphatic carbocycles. The summed E-state index contributed by atoms with van der Waals surface area (Å²) in [5.41, 5.74) is 0. The Bertz CT molecular complexity index is 205. The molecule has 0 spiro atoms. The molecule has 3 unspecified atom stereocenters. The Labute approximate surface area is 102 Å². The highest BCUT2D eigenvalue weighted by Gasteiger charge is 2.26. The van der Waals surface area contributed by atoms with E-state index in [0.717, 1.165) is 50.5 Å². The molecule has 3 nitrogen and oxygen atoms in total. The van der Waals surface area contributed by atoms with Crippen LogP contribution in [-0.2, 0) is 15.5 Å². The first-order valence-corrected chi connectivity index (χ1v) is 7.92. The third-order valence-corrected chi connectivity index (χ3v) is 4.58. The van der Waals surface area contributed by atoms with Crippen molar-refractivity contribution < 1.29 is 8.95 Å². The van der Waals surface area contributed by atoms with Gasteiger partial charge in [0.1, 0.15) is 0 Å². The van der Waals surface area contributed by atoms with Crippen LogP contribution >= 0.6 is 0 Å². The molecule has 0 amide bonds. The van der Waals surface area contributed by atoms with Gasteiger partial charge in [0, 0.05) is 40.9 Å². The molecule has 0 radical (unpaired) electrons. The fourth-order valence-electron chi connectivity index (χ4n) is 2.07. The summed E-state index contributed by atoms with van der Waals surface area (Å²) in [5.74, 6) is 2.19. The summed E-state index contributed by atoms with van der Waals surface area (Å²) in [7, 11) is -0.668. The molecule has 1 N–H and O–H groups in total. The van der Waals surface area contributed by atoms with Crippen molar-refractivity contribution in [1.82, 2.24) is 5.32 Å². The zero-order valence-electron chi connectivity index (χ0n) is 10.5. The Balaban J connectivity index is 2.39. The molecular weight excluding hydrogens is 222 g/mol. The maximum Gasteiger partial charge on any atom is 0.0510 e. The van der Waals surface area contributed by atoms with Gasteiger partial charge in [-0.1, -0.05) is 13.8 Å². The highest BCUT2D eigenvalue weighted by molar-refractivity contribution is 7.85. The summed E-state index contributed by atoms with van der Waals surface area (Å²) in [6.07, 6.45) is 3.25. The average molecular weight is 247 g/mol. The number of rotatable bonds is 8. The number of nitrogens with one attached hydrogen (secondary N) is 1. The van der Waals surface area contributed by atoms with Crippen molar-refractivity contribution >= 4 is 10.8 Å². The molecule has 0 aromatic rings. The van der Waals surface area contributed by atoms with Crippen LogP contribution in [0, 0.1) is 5.92 Å². The van der Waals surface area contributed by atoms with Crippen molar-refractivity contribution in [3.05, 3.63) is 0 Å². The second-order valence-electron chi connectivity index (χ2n) is 4.49. The minimum atomic E-state index is -0.668. The van der Waals surface area contributed by atoms with E-state index in [1.807, 2.05) is 0 Å². The Morgan fingerprint density at radius 1 is 1.44 bits per heavy atom. The second-order valence-corrected chi connectivity index (χ2v) is 6.12. The standard InChI is InChI=1S/C12H25NO2S/c1-3-6-13-12(10-16(14)8-4-2)11-5-7-15-9-11/h11-13H,3-10H2,1-2H3. The van der Waals surface area contributed by atoms with E-state index in [1.165, 1.54) is 0 Å². The summed E-state index contributed by atoms with van der Waals surface area (Å²) in [6, 6.07) is 0.384. The molecule has 96 valence electrons. The number of hydrogen-bond donors (Lipinski definition) is 1. The van der Waals surface area contributed by atoms with E-state index in [0.29, 0.717) is 12.0 Å². The summed E-state index contributed by atoms with van der Waals surface area (Å²) in [5, 5.41) is 3.53. The van der Waals surface area contributed by atoms with Gasteiger partial charge in [0.2, 0.25) is 0 Å². The van der Waals surface area contributed by atoms with Crippen molar-refractivity contribution in [2.24, 2.45) is 5.92 Å². The lowest BCUT2D eigenvalue weighted by Gasteiger charge is -2.23. The Kier molecular flexibility index (Phi) is 7.25. The van der Waals surface area contributed by atoms with Gasteiger partial charge in [0.15, 0.2) is 0 Å². The minimum Gasteiger partial charge on any atom is -0.381 e. The third kappa shape index (κ3) is 4.93. The third-order valence-electron chi connectivity index (χ3n) is 2.99. The summed E-state index contributed by atoms with van der Waals surface area (Å²) >= 11 is 0. The molecule has 1 aliphatic heterocycles. The summed E-state index contributed by atoms with van der Waals surface area (Å²) < 4.78 is 17.2. The van der Waals surface area contributed by atoms with E-state index in [1.54, 1.807) is 0 Å². The largest absolute Gasteiger partial charge is 0.381 e. The van der Waals surface area contributed by atoms with Gasteiger partial charge < -0.3 is 10.1 Å². The van der Waals surface area contributed by atoms with Crippen molar-refractivity contribution in [3.63, 3.8) is 0 Å². The van der Waals surface area contributed by atoms with Gasteiger partial charge in [-0.15, -0.1) is 0 Å². The molecule has 1 rings (SSSR count). The molecule has 0 aromatic carbocycles. The lowest BCUT2D eigenvalue weighted by molar-refractivity contribution is 0.179. The highest BCUT2D eigenvalue weighted by atomic mass is 32.2. The zero-order valence-corrected chi connectivity index (χ0v) is 11.4. The molecule has 4 heteroatoms. The highest BCUT2D eigenvalue weighted by Crippen LogP contribution is 2.17. The van der Waals surface area contributed by atoms with Crippen molar-refractivity contribution in [3.8, 4) is 0 Å². The molecule has 1 fully saturated rings. The van der Waals surface area contributed by atoms with Gasteiger partial charge in [0.25, 0.3) is 0 Å². The maximum atomic E-state index is 11.8. The van der Waals surface area contributed by atoms with E-state index in [9.17, 15) is 4.21 Å². The first-order chi connectivity index (χ1) is 7.77. The van der Waals surface area contributed by atoms with Crippen LogP contribution in [-0.4, -0.2) is 41.5 Å². The molecule has 0 bridgehead atoms. The van der Waals surface area contributed by atoms with Crippen LogP contribution in [0.4, 0.5) is 0 Å². The first kappa shape index (κ1) is 14.1. The van der Waals surface area contributed by atoms with Gasteiger partial charge in [-0.3, -0.25) is 4.21 Å². The number of hydrogen-bond acceptors (Lipinski definition) is 3. The topological polar surface area (TPSA) is 38.3 Å². The van der Waals surface area contributed by atoms with Crippen LogP contribution in [0.1, 0.15) is 33.1 Å². The van der Waals surface area contributed by atoms with E-state index in [2.05, 4.69) is 19.2 Å². The molecule has 1 saturated heterocycles. The fraction of sp³-hybridized carbons (Fsp3) is 1.00. The smallest absolute Gasteiger partial charge is 0.0510 e. The molecule has 1 aliphatic rings. The maximum absolute atomic E-state index is 11.8. The van der Waals surface area contributed by atoms with Gasteiger partial charge in [-0.2, -0.15) is 0 Å². The van der Waals surface area contributed by atoms with Crippen molar-refractivity contribution in [1.29, 1.82) is 0 Å². The van der Waals surface area contributed by atoms with Crippen LogP contribution in [0.25, 0.3) is 0 Å². The lowest BCUT2D eigenvalue weighted by atomic mass is 10.0. The zero-order chi connectivity index (χ0) is 11.8. The van der Waals surface area contributed by atoms with Crippen molar-refractivity contribution in [2.45, 2.75) is 39.2 Å². The Hall–Kier alpha value is 0.0700. The van der Waals surface area contributed by atoms with Gasteiger partial charge in [0.05, 0.1) is 6.61 Å². The van der Waals surface area contributed by atoms with Crippen LogP contribution in [0.15, 0.2) is 0 Å². The molecule has 1 heterocycles. The van der Waals surface area contributed by atoms with E-state index >= 15 is 0 Å².